The maximum Gasteiger partial charge on any atom is 0.253 e. The van der Waals surface area contributed by atoms with Crippen molar-refractivity contribution in [2.45, 2.75) is 18.8 Å². The third-order valence-corrected chi connectivity index (χ3v) is 4.71. The van der Waals surface area contributed by atoms with E-state index in [0.29, 0.717) is 31.0 Å². The molecule has 1 aromatic heterocycles. The fourth-order valence-corrected chi connectivity index (χ4v) is 3.31. The number of carbonyl (C=O) groups excluding carboxylic acids is 1. The molecule has 0 N–H and O–H groups in total. The average molecular weight is 350 g/mol. The van der Waals surface area contributed by atoms with Crippen LogP contribution in [-0.2, 0) is 6.42 Å². The van der Waals surface area contributed by atoms with Gasteiger partial charge < -0.3 is 9.32 Å². The minimum absolute atomic E-state index is 0.0474. The van der Waals surface area contributed by atoms with Crippen LogP contribution < -0.4 is 0 Å². The van der Waals surface area contributed by atoms with E-state index in [2.05, 4.69) is 4.98 Å². The normalized spacial score (nSPS) is 16.8. The number of oxazole rings is 1. The number of benzene rings is 2. The molecule has 5 heteroatoms. The van der Waals surface area contributed by atoms with E-state index in [-0.39, 0.29) is 17.6 Å². The van der Waals surface area contributed by atoms with E-state index in [1.54, 1.807) is 18.3 Å². The van der Waals surface area contributed by atoms with Crippen LogP contribution in [0, 0.1) is 5.82 Å². The number of aromatic nitrogens is 1. The van der Waals surface area contributed by atoms with Gasteiger partial charge in [-0.25, -0.2) is 9.37 Å². The zero-order valence-electron chi connectivity index (χ0n) is 14.3. The summed E-state index contributed by atoms with van der Waals surface area (Å²) in [6.07, 6.45) is 3.14. The summed E-state index contributed by atoms with van der Waals surface area (Å²) in [4.78, 5) is 18.8. The Morgan fingerprint density at radius 1 is 1.15 bits per heavy atom. The van der Waals surface area contributed by atoms with Crippen LogP contribution in [-0.4, -0.2) is 28.9 Å². The van der Waals surface area contributed by atoms with Crippen molar-refractivity contribution in [2.75, 3.05) is 13.1 Å². The first-order valence-corrected chi connectivity index (χ1v) is 8.72. The van der Waals surface area contributed by atoms with Gasteiger partial charge in [-0.3, -0.25) is 4.79 Å². The van der Waals surface area contributed by atoms with Gasteiger partial charge >= 0.3 is 0 Å². The van der Waals surface area contributed by atoms with E-state index in [9.17, 15) is 9.18 Å². The zero-order chi connectivity index (χ0) is 17.9. The Labute approximate surface area is 151 Å². The summed E-state index contributed by atoms with van der Waals surface area (Å²) < 4.78 is 18.9. The van der Waals surface area contributed by atoms with E-state index in [1.807, 2.05) is 35.2 Å². The van der Waals surface area contributed by atoms with Crippen molar-refractivity contribution in [1.29, 1.82) is 0 Å². The molecule has 4 rings (SSSR count). The van der Waals surface area contributed by atoms with Crippen LogP contribution in [0.3, 0.4) is 0 Å². The van der Waals surface area contributed by atoms with Gasteiger partial charge in [-0.05, 0) is 36.2 Å². The number of hydrogen-bond donors (Lipinski definition) is 0. The fourth-order valence-electron chi connectivity index (χ4n) is 3.31. The molecule has 0 spiro atoms. The highest BCUT2D eigenvalue weighted by Gasteiger charge is 2.30. The SMILES string of the molecule is O=C(c1ccccc1)N1CC[C@H](c2ncc(Cc3ccc(F)cc3)o2)C1. The first-order chi connectivity index (χ1) is 12.7. The second-order valence-corrected chi connectivity index (χ2v) is 6.57. The molecule has 1 saturated heterocycles. The summed E-state index contributed by atoms with van der Waals surface area (Å²) in [5, 5.41) is 0. The molecule has 1 amide bonds. The molecule has 2 heterocycles. The summed E-state index contributed by atoms with van der Waals surface area (Å²) in [6, 6.07) is 15.7. The minimum Gasteiger partial charge on any atom is -0.445 e. The van der Waals surface area contributed by atoms with Gasteiger partial charge in [0, 0.05) is 25.1 Å². The van der Waals surface area contributed by atoms with Crippen LogP contribution in [0.4, 0.5) is 4.39 Å². The number of rotatable bonds is 4. The number of carbonyl (C=O) groups is 1. The highest BCUT2D eigenvalue weighted by atomic mass is 19.1. The smallest absolute Gasteiger partial charge is 0.253 e. The van der Waals surface area contributed by atoms with Gasteiger partial charge in [0.2, 0.25) is 0 Å². The van der Waals surface area contributed by atoms with Crippen LogP contribution in [0.2, 0.25) is 0 Å². The number of amides is 1. The van der Waals surface area contributed by atoms with Crippen molar-refractivity contribution >= 4 is 5.91 Å². The number of halogens is 1. The second kappa shape index (κ2) is 7.12. The molecule has 1 atom stereocenters. The standard InChI is InChI=1S/C21H19FN2O2/c22-18-8-6-15(7-9-18)12-19-13-23-20(26-19)17-10-11-24(14-17)21(25)16-4-2-1-3-5-16/h1-9,13,17H,10-12,14H2/t17-/m0/s1. The van der Waals surface area contributed by atoms with E-state index >= 15 is 0 Å². The third kappa shape index (κ3) is 3.52. The molecule has 26 heavy (non-hydrogen) atoms. The van der Waals surface area contributed by atoms with Crippen LogP contribution in [0.5, 0.6) is 0 Å². The Bertz CT molecular complexity index is 890. The lowest BCUT2D eigenvalue weighted by atomic mass is 10.1. The molecule has 4 nitrogen and oxygen atoms in total. The van der Waals surface area contributed by atoms with Crippen molar-refractivity contribution in [3.63, 3.8) is 0 Å². The van der Waals surface area contributed by atoms with Gasteiger partial charge in [0.25, 0.3) is 5.91 Å². The summed E-state index contributed by atoms with van der Waals surface area (Å²) in [7, 11) is 0. The molecule has 0 saturated carbocycles. The number of hydrogen-bond acceptors (Lipinski definition) is 3. The number of likely N-dealkylation sites (tertiary alicyclic amines) is 1. The van der Waals surface area contributed by atoms with Crippen LogP contribution >= 0.6 is 0 Å². The summed E-state index contributed by atoms with van der Waals surface area (Å²) >= 11 is 0. The Balaban J connectivity index is 1.41. The predicted octanol–water partition coefficient (Wildman–Crippen LogP) is 4.03. The Hall–Kier alpha value is -2.95. The van der Waals surface area contributed by atoms with E-state index in [4.69, 9.17) is 4.42 Å². The molecular formula is C21H19FN2O2. The van der Waals surface area contributed by atoms with Crippen LogP contribution in [0.25, 0.3) is 0 Å². The highest BCUT2D eigenvalue weighted by molar-refractivity contribution is 5.94. The summed E-state index contributed by atoms with van der Waals surface area (Å²) in [5.41, 5.74) is 1.68. The average Bonchev–Trinajstić information content (AvgIpc) is 3.33. The Morgan fingerprint density at radius 2 is 1.92 bits per heavy atom. The first kappa shape index (κ1) is 16.5. The highest BCUT2D eigenvalue weighted by Crippen LogP contribution is 2.28. The first-order valence-electron chi connectivity index (χ1n) is 8.72. The maximum absolute atomic E-state index is 13.0. The van der Waals surface area contributed by atoms with Gasteiger partial charge in [-0.15, -0.1) is 0 Å². The van der Waals surface area contributed by atoms with Gasteiger partial charge in [-0.1, -0.05) is 30.3 Å². The molecule has 132 valence electrons. The fraction of sp³-hybridized carbons (Fsp3) is 0.238. The van der Waals surface area contributed by atoms with E-state index in [0.717, 1.165) is 17.7 Å². The van der Waals surface area contributed by atoms with Gasteiger partial charge in [0.15, 0.2) is 5.89 Å². The van der Waals surface area contributed by atoms with Crippen molar-refractivity contribution < 1.29 is 13.6 Å². The molecule has 1 fully saturated rings. The third-order valence-electron chi connectivity index (χ3n) is 4.71. The lowest BCUT2D eigenvalue weighted by molar-refractivity contribution is 0.0790. The molecule has 1 aliphatic rings. The maximum atomic E-state index is 13.0. The van der Waals surface area contributed by atoms with Crippen LogP contribution in [0.15, 0.2) is 65.2 Å². The molecule has 3 aromatic rings. The molecule has 2 aromatic carbocycles. The largest absolute Gasteiger partial charge is 0.445 e. The lowest BCUT2D eigenvalue weighted by Gasteiger charge is -2.15. The molecule has 0 unspecified atom stereocenters. The van der Waals surface area contributed by atoms with Crippen LogP contribution in [0.1, 0.15) is 39.9 Å². The Morgan fingerprint density at radius 3 is 2.69 bits per heavy atom. The van der Waals surface area contributed by atoms with Gasteiger partial charge in [0.1, 0.15) is 11.6 Å². The molecular weight excluding hydrogens is 331 g/mol. The van der Waals surface area contributed by atoms with Crippen molar-refractivity contribution in [3.8, 4) is 0 Å². The number of nitrogens with zero attached hydrogens (tertiary/aromatic N) is 2. The molecule has 0 radical (unpaired) electrons. The van der Waals surface area contributed by atoms with E-state index in [1.165, 1.54) is 12.1 Å². The van der Waals surface area contributed by atoms with Crippen molar-refractivity contribution in [1.82, 2.24) is 9.88 Å². The molecule has 0 bridgehead atoms. The van der Waals surface area contributed by atoms with Crippen molar-refractivity contribution in [3.05, 3.63) is 89.4 Å². The summed E-state index contributed by atoms with van der Waals surface area (Å²) in [5.74, 6) is 1.34. The quantitative estimate of drug-likeness (QED) is 0.714. The van der Waals surface area contributed by atoms with Gasteiger partial charge in [0.05, 0.1) is 12.1 Å². The minimum atomic E-state index is -0.249. The monoisotopic (exact) mass is 350 g/mol. The van der Waals surface area contributed by atoms with E-state index < -0.39 is 0 Å². The Kier molecular flexibility index (Phi) is 4.52. The zero-order valence-corrected chi connectivity index (χ0v) is 14.3. The topological polar surface area (TPSA) is 46.3 Å². The predicted molar refractivity (Wildman–Crippen MR) is 95.4 cm³/mol. The second-order valence-electron chi connectivity index (χ2n) is 6.57. The van der Waals surface area contributed by atoms with Gasteiger partial charge in [-0.2, -0.15) is 0 Å². The van der Waals surface area contributed by atoms with Crippen molar-refractivity contribution in [2.24, 2.45) is 0 Å². The molecule has 0 aliphatic carbocycles. The lowest BCUT2D eigenvalue weighted by Crippen LogP contribution is -2.28. The summed E-state index contributed by atoms with van der Waals surface area (Å²) in [6.45, 7) is 1.32. The molecule has 1 aliphatic heterocycles.